The Morgan fingerprint density at radius 3 is 2.12 bits per heavy atom. The van der Waals surface area contributed by atoms with Crippen LogP contribution in [0.3, 0.4) is 0 Å². The van der Waals surface area contributed by atoms with Crippen LogP contribution < -0.4 is 5.73 Å². The molecule has 24 heavy (non-hydrogen) atoms. The second kappa shape index (κ2) is 9.07. The van der Waals surface area contributed by atoms with Crippen molar-refractivity contribution in [3.8, 4) is 0 Å². The summed E-state index contributed by atoms with van der Waals surface area (Å²) in [7, 11) is -3.22. The Balaban J connectivity index is 0.000000922. The summed E-state index contributed by atoms with van der Waals surface area (Å²) in [6, 6.07) is -0.994. The molecule has 1 rings (SSSR count). The Labute approximate surface area is 138 Å². The number of amides is 1. The van der Waals surface area contributed by atoms with Crippen LogP contribution >= 0.6 is 0 Å². The van der Waals surface area contributed by atoms with E-state index in [-0.39, 0.29) is 19.0 Å². The van der Waals surface area contributed by atoms with Crippen molar-refractivity contribution in [1.29, 1.82) is 5.41 Å². The monoisotopic (exact) mass is 374 g/mol. The van der Waals surface area contributed by atoms with Crippen LogP contribution in [0.25, 0.3) is 0 Å². The topological polar surface area (TPSA) is 229 Å². The molecule has 0 saturated carbocycles. The molecule has 0 radical (unpaired) electrons. The van der Waals surface area contributed by atoms with E-state index in [1.807, 2.05) is 0 Å². The lowest BCUT2D eigenvalue weighted by molar-refractivity contribution is -0.166. The van der Waals surface area contributed by atoms with Gasteiger partial charge in [0.05, 0.1) is 19.2 Å². The maximum absolute atomic E-state index is 12.0. The first kappa shape index (κ1) is 22.4. The highest BCUT2D eigenvalue weighted by molar-refractivity contribution is 7.79. The fraction of sp³-hybridized carbons (Fsp3) is 0.800. The molecule has 0 aromatic carbocycles. The molecular weight excluding hydrogens is 352 g/mol. The third-order valence-electron chi connectivity index (χ3n) is 3.21. The fourth-order valence-corrected chi connectivity index (χ4v) is 1.96. The quantitative estimate of drug-likeness (QED) is 0.133. The molecule has 9 N–H and O–H groups in total. The van der Waals surface area contributed by atoms with Gasteiger partial charge in [-0.15, -0.1) is 0 Å². The molecule has 0 bridgehead atoms. The lowest BCUT2D eigenvalue weighted by atomic mass is 9.94. The molecule has 1 saturated heterocycles. The Morgan fingerprint density at radius 2 is 1.75 bits per heavy atom. The lowest BCUT2D eigenvalue weighted by Gasteiger charge is -2.43. The molecule has 1 aliphatic rings. The van der Waals surface area contributed by atoms with E-state index in [1.165, 1.54) is 11.9 Å². The number of hydrogen-bond acceptors (Lipinski definition) is 8. The standard InChI is InChI=1S/C10H20N4O5.H2O4S/c1-13(10(11)12)3-7(17)14-2-6(16)9(19)8(18)5(14)4-15;1-5(2,3)4/h5-6,8-9,15-16,18-19H,2-4H2,1H3,(H3,11,12);(H2,1,2,3,4)/t5-,6-,8-,9-;/m1./s1. The van der Waals surface area contributed by atoms with Crippen LogP contribution in [0.4, 0.5) is 0 Å². The highest BCUT2D eigenvalue weighted by Crippen LogP contribution is 2.19. The molecule has 0 aliphatic carbocycles. The van der Waals surface area contributed by atoms with E-state index in [9.17, 15) is 25.2 Å². The lowest BCUT2D eigenvalue weighted by Crippen LogP contribution is -2.65. The highest BCUT2D eigenvalue weighted by Gasteiger charge is 2.43. The van der Waals surface area contributed by atoms with Gasteiger partial charge in [-0.1, -0.05) is 0 Å². The normalized spacial score (nSPS) is 27.0. The number of β-amino-alcohol motifs (C(OH)–C–C–N with tert-alkyl or cyclic N) is 1. The molecular formula is C10H22N4O9S. The maximum Gasteiger partial charge on any atom is 0.394 e. The van der Waals surface area contributed by atoms with Crippen LogP contribution in [0.1, 0.15) is 0 Å². The van der Waals surface area contributed by atoms with E-state index in [0.29, 0.717) is 0 Å². The maximum atomic E-state index is 12.0. The number of likely N-dealkylation sites (tertiary alicyclic amines) is 1. The number of aliphatic hydroxyl groups excluding tert-OH is 4. The average molecular weight is 374 g/mol. The summed E-state index contributed by atoms with van der Waals surface area (Å²) in [5.41, 5.74) is 5.21. The summed E-state index contributed by atoms with van der Waals surface area (Å²) in [6.07, 6.45) is -4.13. The van der Waals surface area contributed by atoms with Gasteiger partial charge in [-0.2, -0.15) is 8.42 Å². The average Bonchev–Trinajstić information content (AvgIpc) is 2.42. The smallest absolute Gasteiger partial charge is 0.394 e. The number of nitrogens with zero attached hydrogens (tertiary/aromatic N) is 2. The van der Waals surface area contributed by atoms with Crippen molar-refractivity contribution in [2.24, 2.45) is 5.73 Å². The van der Waals surface area contributed by atoms with Crippen LogP contribution in [-0.2, 0) is 15.2 Å². The first-order chi connectivity index (χ1) is 10.8. The minimum Gasteiger partial charge on any atom is -0.394 e. The predicted octanol–water partition coefficient (Wildman–Crippen LogP) is -4.56. The minimum absolute atomic E-state index is 0.200. The Bertz CT molecular complexity index is 534. The van der Waals surface area contributed by atoms with Crippen molar-refractivity contribution >= 4 is 22.3 Å². The van der Waals surface area contributed by atoms with Crippen molar-refractivity contribution in [2.45, 2.75) is 24.4 Å². The number of nitrogens with one attached hydrogen (secondary N) is 1. The van der Waals surface area contributed by atoms with Crippen LogP contribution in [0.2, 0.25) is 0 Å². The molecule has 1 aliphatic heterocycles. The molecule has 1 amide bonds. The van der Waals surface area contributed by atoms with E-state index >= 15 is 0 Å². The van der Waals surface area contributed by atoms with Crippen molar-refractivity contribution in [3.05, 3.63) is 0 Å². The third-order valence-corrected chi connectivity index (χ3v) is 3.21. The SMILES string of the molecule is CN(CC(=O)N1C[C@@H](O)[C@@H](O)[C@H](O)[C@H]1CO)C(=N)N.O=S(=O)(O)O. The van der Waals surface area contributed by atoms with Crippen LogP contribution in [0, 0.1) is 5.41 Å². The van der Waals surface area contributed by atoms with Crippen molar-refractivity contribution < 1.29 is 42.7 Å². The largest absolute Gasteiger partial charge is 0.394 e. The number of aliphatic hydroxyl groups is 4. The van der Waals surface area contributed by atoms with Crippen LogP contribution in [-0.4, -0.2) is 111 Å². The summed E-state index contributed by atoms with van der Waals surface area (Å²) in [6.45, 7) is -0.962. The van der Waals surface area contributed by atoms with Crippen molar-refractivity contribution in [3.63, 3.8) is 0 Å². The summed E-state index contributed by atoms with van der Waals surface area (Å²) >= 11 is 0. The zero-order valence-electron chi connectivity index (χ0n) is 12.7. The van der Waals surface area contributed by atoms with E-state index in [0.717, 1.165) is 4.90 Å². The molecule has 142 valence electrons. The number of nitrogens with two attached hydrogens (primary N) is 1. The Hall–Kier alpha value is -1.55. The molecule has 1 fully saturated rings. The van der Waals surface area contributed by atoms with Gasteiger partial charge in [0.2, 0.25) is 5.91 Å². The second-order valence-electron chi connectivity index (χ2n) is 5.03. The van der Waals surface area contributed by atoms with Crippen molar-refractivity contribution in [2.75, 3.05) is 26.7 Å². The number of rotatable bonds is 3. The number of likely N-dealkylation sites (N-methyl/N-ethyl adjacent to an activating group) is 1. The van der Waals surface area contributed by atoms with Crippen LogP contribution in [0.5, 0.6) is 0 Å². The van der Waals surface area contributed by atoms with E-state index in [4.69, 9.17) is 28.7 Å². The zero-order chi connectivity index (χ0) is 19.2. The molecule has 1 heterocycles. The van der Waals surface area contributed by atoms with Gasteiger partial charge in [-0.05, 0) is 0 Å². The molecule has 0 spiro atoms. The molecule has 0 unspecified atom stereocenters. The zero-order valence-corrected chi connectivity index (χ0v) is 13.5. The van der Waals surface area contributed by atoms with Crippen molar-refractivity contribution in [1.82, 2.24) is 9.80 Å². The first-order valence-corrected chi connectivity index (χ1v) is 7.88. The van der Waals surface area contributed by atoms with E-state index < -0.39 is 47.3 Å². The van der Waals surface area contributed by atoms with Gasteiger partial charge >= 0.3 is 10.4 Å². The number of carbonyl (C=O) groups is 1. The summed E-state index contributed by atoms with van der Waals surface area (Å²) in [4.78, 5) is 14.3. The molecule has 13 nitrogen and oxygen atoms in total. The molecule has 14 heteroatoms. The Morgan fingerprint density at radius 1 is 1.29 bits per heavy atom. The van der Waals surface area contributed by atoms with Gasteiger partial charge in [0, 0.05) is 13.6 Å². The number of carbonyl (C=O) groups excluding carboxylic acids is 1. The minimum atomic E-state index is -4.67. The Kier molecular flexibility index (Phi) is 8.48. The van der Waals surface area contributed by atoms with Crippen LogP contribution in [0.15, 0.2) is 0 Å². The van der Waals surface area contributed by atoms with Gasteiger partial charge in [0.25, 0.3) is 0 Å². The molecule has 0 aromatic rings. The van der Waals surface area contributed by atoms with E-state index in [1.54, 1.807) is 0 Å². The predicted molar refractivity (Wildman–Crippen MR) is 79.3 cm³/mol. The third kappa shape index (κ3) is 7.35. The summed E-state index contributed by atoms with van der Waals surface area (Å²) in [5, 5.41) is 45.1. The highest BCUT2D eigenvalue weighted by atomic mass is 32.3. The fourth-order valence-electron chi connectivity index (χ4n) is 1.96. The number of piperidine rings is 1. The van der Waals surface area contributed by atoms with Gasteiger partial charge in [0.1, 0.15) is 18.3 Å². The summed E-state index contributed by atoms with van der Waals surface area (Å²) < 4.78 is 31.6. The van der Waals surface area contributed by atoms with Gasteiger partial charge in [0.15, 0.2) is 5.96 Å². The van der Waals surface area contributed by atoms with Gasteiger partial charge in [-0.25, -0.2) is 0 Å². The number of hydrogen-bond donors (Lipinski definition) is 8. The number of guanidine groups is 1. The second-order valence-corrected chi connectivity index (χ2v) is 5.93. The first-order valence-electron chi connectivity index (χ1n) is 6.49. The van der Waals surface area contributed by atoms with E-state index in [2.05, 4.69) is 0 Å². The molecule has 0 aromatic heterocycles. The van der Waals surface area contributed by atoms with Gasteiger partial charge in [-0.3, -0.25) is 19.3 Å². The molecule has 4 atom stereocenters. The summed E-state index contributed by atoms with van der Waals surface area (Å²) in [5.74, 6) is -0.811. The van der Waals surface area contributed by atoms with Gasteiger partial charge < -0.3 is 36.0 Å².